The second kappa shape index (κ2) is 19.2. The molecule has 0 aromatic heterocycles. The Labute approximate surface area is 173 Å². The molecule has 0 N–H and O–H groups in total. The molecule has 0 aromatic carbocycles. The van der Waals surface area contributed by atoms with Gasteiger partial charge in [-0.2, -0.15) is 0 Å². The van der Waals surface area contributed by atoms with Gasteiger partial charge in [-0.15, -0.1) is 0 Å². The molecule has 0 saturated carbocycles. The Kier molecular flexibility index (Phi) is 18.5. The summed E-state index contributed by atoms with van der Waals surface area (Å²) in [4.78, 5) is 34.0. The molecule has 1 atom stereocenters. The highest BCUT2D eigenvalue weighted by atomic mass is 17.2. The van der Waals surface area contributed by atoms with Gasteiger partial charge in [-0.25, -0.2) is 19.4 Å². The molecule has 0 aliphatic rings. The number of carbonyl (C=O) groups is 2. The SMILES string of the molecule is CCCCCCCCCCCCCCCCCC(=O)OOC(=O)C(C)N(C)C. The van der Waals surface area contributed by atoms with Gasteiger partial charge >= 0.3 is 11.9 Å². The Morgan fingerprint density at radius 2 is 1.07 bits per heavy atom. The van der Waals surface area contributed by atoms with Crippen molar-refractivity contribution in [2.24, 2.45) is 0 Å². The average molecular weight is 400 g/mol. The summed E-state index contributed by atoms with van der Waals surface area (Å²) in [6.45, 7) is 3.96. The van der Waals surface area contributed by atoms with Crippen LogP contribution >= 0.6 is 0 Å². The van der Waals surface area contributed by atoms with E-state index in [2.05, 4.69) is 16.7 Å². The van der Waals surface area contributed by atoms with Crippen LogP contribution in [0.15, 0.2) is 0 Å². The molecule has 0 aromatic rings. The molecule has 28 heavy (non-hydrogen) atoms. The van der Waals surface area contributed by atoms with Crippen LogP contribution in [-0.2, 0) is 19.4 Å². The zero-order chi connectivity index (χ0) is 21.0. The van der Waals surface area contributed by atoms with Gasteiger partial charge in [0.1, 0.15) is 6.04 Å². The third kappa shape index (κ3) is 17.0. The predicted octanol–water partition coefficient (Wildman–Crippen LogP) is 6.20. The van der Waals surface area contributed by atoms with E-state index in [1.54, 1.807) is 25.9 Å². The maximum Gasteiger partial charge on any atom is 0.372 e. The maximum atomic E-state index is 11.6. The van der Waals surface area contributed by atoms with Gasteiger partial charge in [0.25, 0.3) is 0 Å². The van der Waals surface area contributed by atoms with Crippen molar-refractivity contribution in [3.05, 3.63) is 0 Å². The van der Waals surface area contributed by atoms with Crippen molar-refractivity contribution < 1.29 is 19.4 Å². The van der Waals surface area contributed by atoms with E-state index in [0.29, 0.717) is 6.42 Å². The fourth-order valence-corrected chi connectivity index (χ4v) is 3.05. The lowest BCUT2D eigenvalue weighted by atomic mass is 10.0. The smallest absolute Gasteiger partial charge is 0.297 e. The van der Waals surface area contributed by atoms with Crippen LogP contribution in [0.4, 0.5) is 0 Å². The van der Waals surface area contributed by atoms with Gasteiger partial charge in [0.05, 0.1) is 6.42 Å². The van der Waals surface area contributed by atoms with E-state index in [-0.39, 0.29) is 0 Å². The molecule has 0 amide bonds. The van der Waals surface area contributed by atoms with E-state index in [4.69, 9.17) is 0 Å². The molecule has 0 heterocycles. The number of hydrogen-bond acceptors (Lipinski definition) is 5. The lowest BCUT2D eigenvalue weighted by Gasteiger charge is -2.16. The summed E-state index contributed by atoms with van der Waals surface area (Å²) in [5, 5.41) is 0. The number of rotatable bonds is 18. The summed E-state index contributed by atoms with van der Waals surface area (Å²) in [5.74, 6) is -1.01. The van der Waals surface area contributed by atoms with Gasteiger partial charge in [0.2, 0.25) is 0 Å². The van der Waals surface area contributed by atoms with Gasteiger partial charge in [-0.05, 0) is 27.4 Å². The summed E-state index contributed by atoms with van der Waals surface area (Å²) in [7, 11) is 3.53. The van der Waals surface area contributed by atoms with Crippen molar-refractivity contribution >= 4 is 11.9 Å². The van der Waals surface area contributed by atoms with E-state index >= 15 is 0 Å². The van der Waals surface area contributed by atoms with Crippen molar-refractivity contribution in [2.75, 3.05) is 14.1 Å². The lowest BCUT2D eigenvalue weighted by molar-refractivity contribution is -0.261. The van der Waals surface area contributed by atoms with E-state index in [9.17, 15) is 9.59 Å². The minimum Gasteiger partial charge on any atom is -0.297 e. The van der Waals surface area contributed by atoms with Crippen LogP contribution < -0.4 is 0 Å². The second-order valence-corrected chi connectivity index (χ2v) is 8.20. The van der Waals surface area contributed by atoms with Crippen molar-refractivity contribution in [1.29, 1.82) is 0 Å². The summed E-state index contributed by atoms with van der Waals surface area (Å²) in [5.41, 5.74) is 0. The predicted molar refractivity (Wildman–Crippen MR) is 115 cm³/mol. The molecule has 0 radical (unpaired) electrons. The molecule has 166 valence electrons. The first-order valence-electron chi connectivity index (χ1n) is 11.6. The van der Waals surface area contributed by atoms with E-state index in [0.717, 1.165) is 19.3 Å². The normalized spacial score (nSPS) is 12.2. The Morgan fingerprint density at radius 1 is 0.679 bits per heavy atom. The topological polar surface area (TPSA) is 55.8 Å². The van der Waals surface area contributed by atoms with Crippen LogP contribution in [0.3, 0.4) is 0 Å². The summed E-state index contributed by atoms with van der Waals surface area (Å²) in [6, 6.07) is -0.432. The summed E-state index contributed by atoms with van der Waals surface area (Å²) in [6.07, 6.45) is 19.6. The average Bonchev–Trinajstić information content (AvgIpc) is 2.68. The number of likely N-dealkylation sites (N-methyl/N-ethyl adjacent to an activating group) is 1. The molecule has 0 bridgehead atoms. The van der Waals surface area contributed by atoms with Crippen LogP contribution in [0.25, 0.3) is 0 Å². The molecule has 5 nitrogen and oxygen atoms in total. The van der Waals surface area contributed by atoms with Gasteiger partial charge < -0.3 is 0 Å². The van der Waals surface area contributed by atoms with Gasteiger partial charge in [-0.1, -0.05) is 96.8 Å². The second-order valence-electron chi connectivity index (χ2n) is 8.20. The minimum atomic E-state index is -0.546. The zero-order valence-electron chi connectivity index (χ0n) is 19.0. The third-order valence-corrected chi connectivity index (χ3v) is 5.32. The van der Waals surface area contributed by atoms with Gasteiger partial charge in [0.15, 0.2) is 0 Å². The fourth-order valence-electron chi connectivity index (χ4n) is 3.05. The van der Waals surface area contributed by atoms with Gasteiger partial charge in [-0.3, -0.25) is 4.90 Å². The number of hydrogen-bond donors (Lipinski definition) is 0. The molecule has 0 rings (SSSR count). The number of carbonyl (C=O) groups excluding carboxylic acids is 2. The third-order valence-electron chi connectivity index (χ3n) is 5.32. The molecule has 1 unspecified atom stereocenters. The van der Waals surface area contributed by atoms with Gasteiger partial charge in [0, 0.05) is 0 Å². The largest absolute Gasteiger partial charge is 0.372 e. The highest BCUT2D eigenvalue weighted by Gasteiger charge is 2.19. The molecule has 0 aliphatic heterocycles. The Bertz CT molecular complexity index is 385. The minimum absolute atomic E-state index is 0.307. The molecule has 0 saturated heterocycles. The Morgan fingerprint density at radius 3 is 1.46 bits per heavy atom. The number of unbranched alkanes of at least 4 members (excludes halogenated alkanes) is 14. The van der Waals surface area contributed by atoms with E-state index < -0.39 is 18.0 Å². The summed E-state index contributed by atoms with van der Waals surface area (Å²) < 4.78 is 0. The van der Waals surface area contributed by atoms with Crippen LogP contribution in [0.1, 0.15) is 117 Å². The highest BCUT2D eigenvalue weighted by Crippen LogP contribution is 2.13. The van der Waals surface area contributed by atoms with Crippen molar-refractivity contribution in [3.63, 3.8) is 0 Å². The first-order valence-corrected chi connectivity index (χ1v) is 11.6. The van der Waals surface area contributed by atoms with Crippen LogP contribution in [-0.4, -0.2) is 37.0 Å². The van der Waals surface area contributed by atoms with Crippen molar-refractivity contribution in [3.8, 4) is 0 Å². The molecular formula is C23H45NO4. The van der Waals surface area contributed by atoms with E-state index in [1.165, 1.54) is 77.0 Å². The monoisotopic (exact) mass is 399 g/mol. The quantitative estimate of drug-likeness (QED) is 0.156. The molecule has 5 heteroatoms. The van der Waals surface area contributed by atoms with E-state index in [1.807, 2.05) is 0 Å². The van der Waals surface area contributed by atoms with Crippen LogP contribution in [0.2, 0.25) is 0 Å². The molecule has 0 fully saturated rings. The van der Waals surface area contributed by atoms with Crippen molar-refractivity contribution in [1.82, 2.24) is 4.90 Å². The molecule has 0 spiro atoms. The van der Waals surface area contributed by atoms with Crippen molar-refractivity contribution in [2.45, 2.75) is 123 Å². The standard InChI is InChI=1S/C23H45NO4/c1-5-6-7-8-9-10-11-12-13-14-15-16-17-18-19-20-22(25)27-28-23(26)21(2)24(3)4/h21H,5-20H2,1-4H3. The highest BCUT2D eigenvalue weighted by molar-refractivity contribution is 5.76. The summed E-state index contributed by atoms with van der Waals surface area (Å²) >= 11 is 0. The zero-order valence-corrected chi connectivity index (χ0v) is 19.0. The fraction of sp³-hybridized carbons (Fsp3) is 0.913. The Hall–Kier alpha value is -1.10. The lowest BCUT2D eigenvalue weighted by Crippen LogP contribution is -2.34. The first kappa shape index (κ1) is 26.9. The molecular weight excluding hydrogens is 354 g/mol. The van der Waals surface area contributed by atoms with Crippen LogP contribution in [0.5, 0.6) is 0 Å². The maximum absolute atomic E-state index is 11.6. The Balaban J connectivity index is 3.30. The number of nitrogens with zero attached hydrogens (tertiary/aromatic N) is 1. The first-order chi connectivity index (χ1) is 13.5. The molecule has 0 aliphatic carbocycles. The van der Waals surface area contributed by atoms with Crippen LogP contribution in [0, 0.1) is 0 Å².